The summed E-state index contributed by atoms with van der Waals surface area (Å²) in [6.45, 7) is 10.5. The molecule has 1 saturated carbocycles. The first-order valence-electron chi connectivity index (χ1n) is 6.04. The molecular formula is C13H24N2O. The first-order chi connectivity index (χ1) is 7.36. The first-order valence-corrected chi connectivity index (χ1v) is 6.04. The quantitative estimate of drug-likeness (QED) is 0.745. The number of nitrogens with zero attached hydrogens (tertiary/aromatic N) is 1. The molecule has 0 aromatic heterocycles. The van der Waals surface area contributed by atoms with Crippen LogP contribution in [0.15, 0.2) is 12.7 Å². The van der Waals surface area contributed by atoms with Gasteiger partial charge in [-0.3, -0.25) is 4.79 Å². The van der Waals surface area contributed by atoms with Gasteiger partial charge in [-0.25, -0.2) is 0 Å². The lowest BCUT2D eigenvalue weighted by Gasteiger charge is -2.36. The number of nitrogens with two attached hydrogens (primary N) is 1. The fraction of sp³-hybridized carbons (Fsp3) is 0.769. The molecule has 0 aromatic carbocycles. The maximum Gasteiger partial charge on any atom is 0.226 e. The summed E-state index contributed by atoms with van der Waals surface area (Å²) >= 11 is 0. The number of hydrogen-bond acceptors (Lipinski definition) is 2. The molecule has 1 aliphatic carbocycles. The van der Waals surface area contributed by atoms with Crippen LogP contribution in [0.1, 0.15) is 40.0 Å². The molecule has 0 aliphatic heterocycles. The van der Waals surface area contributed by atoms with E-state index in [1.54, 1.807) is 6.08 Å². The maximum absolute atomic E-state index is 12.4. The van der Waals surface area contributed by atoms with Gasteiger partial charge in [-0.2, -0.15) is 0 Å². The van der Waals surface area contributed by atoms with E-state index in [-0.39, 0.29) is 23.4 Å². The Bertz CT molecular complexity index is 268. The van der Waals surface area contributed by atoms with Crippen molar-refractivity contribution in [2.24, 2.45) is 11.7 Å². The monoisotopic (exact) mass is 224 g/mol. The van der Waals surface area contributed by atoms with Crippen LogP contribution in [0.4, 0.5) is 0 Å². The van der Waals surface area contributed by atoms with Crippen LogP contribution in [0.5, 0.6) is 0 Å². The Hall–Kier alpha value is -0.830. The van der Waals surface area contributed by atoms with E-state index in [0.717, 1.165) is 19.3 Å². The molecule has 3 heteroatoms. The van der Waals surface area contributed by atoms with Crippen molar-refractivity contribution in [1.29, 1.82) is 0 Å². The second-order valence-corrected chi connectivity index (χ2v) is 5.68. The molecule has 2 unspecified atom stereocenters. The van der Waals surface area contributed by atoms with Crippen LogP contribution < -0.4 is 5.73 Å². The number of hydrogen-bond donors (Lipinski definition) is 1. The van der Waals surface area contributed by atoms with Crippen LogP contribution in [0, 0.1) is 5.92 Å². The Kier molecular flexibility index (Phi) is 4.14. The van der Waals surface area contributed by atoms with E-state index in [0.29, 0.717) is 6.54 Å². The summed E-state index contributed by atoms with van der Waals surface area (Å²) < 4.78 is 0. The smallest absolute Gasteiger partial charge is 0.226 e. The summed E-state index contributed by atoms with van der Waals surface area (Å²) in [5, 5.41) is 0. The lowest BCUT2D eigenvalue weighted by molar-refractivity contribution is -0.139. The average Bonchev–Trinajstić information content (AvgIpc) is 2.58. The molecule has 1 fully saturated rings. The molecule has 0 bridgehead atoms. The van der Waals surface area contributed by atoms with Gasteiger partial charge in [-0.15, -0.1) is 6.58 Å². The van der Waals surface area contributed by atoms with E-state index in [2.05, 4.69) is 27.4 Å². The van der Waals surface area contributed by atoms with Gasteiger partial charge in [0, 0.05) is 24.0 Å². The van der Waals surface area contributed by atoms with E-state index < -0.39 is 0 Å². The highest BCUT2D eigenvalue weighted by molar-refractivity contribution is 5.80. The fourth-order valence-corrected chi connectivity index (χ4v) is 2.28. The molecule has 0 aromatic rings. The van der Waals surface area contributed by atoms with Crippen molar-refractivity contribution in [2.45, 2.75) is 51.6 Å². The highest BCUT2D eigenvalue weighted by Crippen LogP contribution is 2.28. The van der Waals surface area contributed by atoms with Gasteiger partial charge >= 0.3 is 0 Å². The lowest BCUT2D eigenvalue weighted by Crippen LogP contribution is -2.48. The Morgan fingerprint density at radius 1 is 1.50 bits per heavy atom. The third kappa shape index (κ3) is 3.08. The molecular weight excluding hydrogens is 200 g/mol. The maximum atomic E-state index is 12.4. The normalized spacial score (nSPS) is 25.5. The molecule has 1 aliphatic rings. The van der Waals surface area contributed by atoms with Gasteiger partial charge in [0.1, 0.15) is 0 Å². The lowest BCUT2D eigenvalue weighted by atomic mass is 10.00. The van der Waals surface area contributed by atoms with Gasteiger partial charge in [0.05, 0.1) is 0 Å². The minimum absolute atomic E-state index is 0.120. The second kappa shape index (κ2) is 5.00. The van der Waals surface area contributed by atoms with E-state index in [4.69, 9.17) is 5.73 Å². The average molecular weight is 224 g/mol. The van der Waals surface area contributed by atoms with Crippen molar-refractivity contribution in [2.75, 3.05) is 6.54 Å². The molecule has 92 valence electrons. The summed E-state index contributed by atoms with van der Waals surface area (Å²) in [7, 11) is 0. The van der Waals surface area contributed by atoms with Crippen LogP contribution in [-0.2, 0) is 4.79 Å². The van der Waals surface area contributed by atoms with Gasteiger partial charge in [0.25, 0.3) is 0 Å². The van der Waals surface area contributed by atoms with Crippen LogP contribution in [0.3, 0.4) is 0 Å². The highest BCUT2D eigenvalue weighted by Gasteiger charge is 2.34. The summed E-state index contributed by atoms with van der Waals surface area (Å²) in [4.78, 5) is 14.3. The van der Waals surface area contributed by atoms with E-state index >= 15 is 0 Å². The van der Waals surface area contributed by atoms with Crippen LogP contribution >= 0.6 is 0 Å². The molecule has 1 amide bonds. The minimum Gasteiger partial charge on any atom is -0.334 e. The molecule has 1 rings (SSSR count). The SMILES string of the molecule is C=CCN(C(=O)C1CCC(N)C1)C(C)(C)C. The predicted molar refractivity (Wildman–Crippen MR) is 67.0 cm³/mol. The van der Waals surface area contributed by atoms with Gasteiger partial charge in [0.2, 0.25) is 5.91 Å². The Morgan fingerprint density at radius 3 is 2.50 bits per heavy atom. The molecule has 3 nitrogen and oxygen atoms in total. The summed E-state index contributed by atoms with van der Waals surface area (Å²) in [6, 6.07) is 0.208. The topological polar surface area (TPSA) is 46.3 Å². The number of carbonyl (C=O) groups is 1. The third-order valence-electron chi connectivity index (χ3n) is 3.21. The van der Waals surface area contributed by atoms with Crippen LogP contribution in [0.2, 0.25) is 0 Å². The number of rotatable bonds is 3. The van der Waals surface area contributed by atoms with Crippen LogP contribution in [0.25, 0.3) is 0 Å². The van der Waals surface area contributed by atoms with Crippen molar-refractivity contribution in [3.05, 3.63) is 12.7 Å². The van der Waals surface area contributed by atoms with Crippen LogP contribution in [-0.4, -0.2) is 28.9 Å². The zero-order chi connectivity index (χ0) is 12.3. The fourth-order valence-electron chi connectivity index (χ4n) is 2.28. The summed E-state index contributed by atoms with van der Waals surface area (Å²) in [5.74, 6) is 0.356. The molecule has 16 heavy (non-hydrogen) atoms. The van der Waals surface area contributed by atoms with Crippen molar-refractivity contribution in [3.63, 3.8) is 0 Å². The van der Waals surface area contributed by atoms with E-state index in [9.17, 15) is 4.79 Å². The Labute approximate surface area is 98.7 Å². The van der Waals surface area contributed by atoms with Gasteiger partial charge in [-0.05, 0) is 40.0 Å². The molecule has 2 atom stereocenters. The van der Waals surface area contributed by atoms with Crippen molar-refractivity contribution < 1.29 is 4.79 Å². The number of amides is 1. The standard InChI is InChI=1S/C13H24N2O/c1-5-8-15(13(2,3)4)12(16)10-6-7-11(14)9-10/h5,10-11H,1,6-9,14H2,2-4H3. The molecule has 0 saturated heterocycles. The largest absolute Gasteiger partial charge is 0.334 e. The zero-order valence-electron chi connectivity index (χ0n) is 10.7. The molecule has 0 heterocycles. The summed E-state index contributed by atoms with van der Waals surface area (Å²) in [6.07, 6.45) is 4.53. The second-order valence-electron chi connectivity index (χ2n) is 5.68. The van der Waals surface area contributed by atoms with Gasteiger partial charge in [0.15, 0.2) is 0 Å². The molecule has 0 spiro atoms. The van der Waals surface area contributed by atoms with Crippen molar-refractivity contribution in [3.8, 4) is 0 Å². The van der Waals surface area contributed by atoms with Crippen molar-refractivity contribution in [1.82, 2.24) is 4.90 Å². The summed E-state index contributed by atoms with van der Waals surface area (Å²) in [5.41, 5.74) is 5.71. The van der Waals surface area contributed by atoms with Gasteiger partial charge in [-0.1, -0.05) is 6.08 Å². The van der Waals surface area contributed by atoms with Crippen molar-refractivity contribution >= 4 is 5.91 Å². The third-order valence-corrected chi connectivity index (χ3v) is 3.21. The first kappa shape index (κ1) is 13.2. The Balaban J connectivity index is 2.71. The van der Waals surface area contributed by atoms with E-state index in [1.807, 2.05) is 4.90 Å². The van der Waals surface area contributed by atoms with Gasteiger partial charge < -0.3 is 10.6 Å². The predicted octanol–water partition coefficient (Wildman–Crippen LogP) is 1.93. The van der Waals surface area contributed by atoms with E-state index in [1.165, 1.54) is 0 Å². The molecule has 2 N–H and O–H groups in total. The number of carbonyl (C=O) groups excluding carboxylic acids is 1. The minimum atomic E-state index is -0.141. The Morgan fingerprint density at radius 2 is 2.12 bits per heavy atom. The zero-order valence-corrected chi connectivity index (χ0v) is 10.7. The molecule has 0 radical (unpaired) electrons. The highest BCUT2D eigenvalue weighted by atomic mass is 16.2.